The monoisotopic (exact) mass is 342 g/mol. The van der Waals surface area contributed by atoms with E-state index in [4.69, 9.17) is 0 Å². The molecule has 2 fully saturated rings. The molecule has 0 bridgehead atoms. The van der Waals surface area contributed by atoms with Crippen LogP contribution in [0.4, 0.5) is 0 Å². The Hall–Kier alpha value is -0.920. The fraction of sp³-hybridized carbons (Fsp3) is 0.667. The van der Waals surface area contributed by atoms with Gasteiger partial charge in [-0.25, -0.2) is 8.42 Å². The molecular weight excluding hydrogens is 320 g/mol. The van der Waals surface area contributed by atoms with Crippen molar-refractivity contribution in [2.75, 3.05) is 26.2 Å². The zero-order valence-corrected chi connectivity index (χ0v) is 14.5. The van der Waals surface area contributed by atoms with Crippen LogP contribution in [0.5, 0.6) is 0 Å². The van der Waals surface area contributed by atoms with Crippen molar-refractivity contribution in [3.8, 4) is 0 Å². The minimum atomic E-state index is -3.40. The van der Waals surface area contributed by atoms with Gasteiger partial charge in [0.05, 0.1) is 0 Å². The summed E-state index contributed by atoms with van der Waals surface area (Å²) in [5, 5.41) is 0. The molecule has 2 heterocycles. The van der Waals surface area contributed by atoms with E-state index >= 15 is 0 Å². The molecule has 1 aromatic rings. The quantitative estimate of drug-likeness (QED) is 0.840. The van der Waals surface area contributed by atoms with Crippen molar-refractivity contribution in [3.63, 3.8) is 0 Å². The van der Waals surface area contributed by atoms with Crippen molar-refractivity contribution >= 4 is 27.3 Å². The second-order valence-electron chi connectivity index (χ2n) is 5.93. The van der Waals surface area contributed by atoms with Crippen molar-refractivity contribution in [1.82, 2.24) is 9.21 Å². The Morgan fingerprint density at radius 3 is 2.41 bits per heavy atom. The standard InChI is InChI=1S/C15H22N2O3S2/c1-2-13-6-7-14(21-13)22(19,20)17-10-8-16(9-11-17)15(18)12-4-3-5-12/h6-7,12H,2-5,8-11H2,1H3. The third-order valence-corrected chi connectivity index (χ3v) is 8.18. The molecule has 7 heteroatoms. The lowest BCUT2D eigenvalue weighted by molar-refractivity contribution is -0.139. The Morgan fingerprint density at radius 1 is 1.23 bits per heavy atom. The molecule has 22 heavy (non-hydrogen) atoms. The van der Waals surface area contributed by atoms with E-state index in [1.54, 1.807) is 6.07 Å². The number of nitrogens with zero attached hydrogens (tertiary/aromatic N) is 2. The van der Waals surface area contributed by atoms with E-state index in [-0.39, 0.29) is 11.8 Å². The first kappa shape index (κ1) is 16.0. The summed E-state index contributed by atoms with van der Waals surface area (Å²) in [5.74, 6) is 0.403. The summed E-state index contributed by atoms with van der Waals surface area (Å²) in [5.41, 5.74) is 0. The smallest absolute Gasteiger partial charge is 0.252 e. The van der Waals surface area contributed by atoms with Gasteiger partial charge in [-0.2, -0.15) is 4.31 Å². The first-order valence-electron chi connectivity index (χ1n) is 7.90. The van der Waals surface area contributed by atoms with Crippen LogP contribution in [0.1, 0.15) is 31.1 Å². The van der Waals surface area contributed by atoms with Gasteiger partial charge in [-0.3, -0.25) is 4.79 Å². The van der Waals surface area contributed by atoms with Crippen LogP contribution in [0.25, 0.3) is 0 Å². The number of carbonyl (C=O) groups excluding carboxylic acids is 1. The summed E-state index contributed by atoms with van der Waals surface area (Å²) >= 11 is 1.35. The summed E-state index contributed by atoms with van der Waals surface area (Å²) in [7, 11) is -3.40. The zero-order valence-electron chi connectivity index (χ0n) is 12.8. The van der Waals surface area contributed by atoms with Crippen molar-refractivity contribution in [2.24, 2.45) is 5.92 Å². The van der Waals surface area contributed by atoms with Crippen molar-refractivity contribution in [2.45, 2.75) is 36.8 Å². The highest BCUT2D eigenvalue weighted by Crippen LogP contribution is 2.30. The average Bonchev–Trinajstić information content (AvgIpc) is 2.95. The molecule has 1 aliphatic carbocycles. The topological polar surface area (TPSA) is 57.7 Å². The van der Waals surface area contributed by atoms with Crippen molar-refractivity contribution in [1.29, 1.82) is 0 Å². The predicted molar refractivity (Wildman–Crippen MR) is 86.4 cm³/mol. The number of hydrogen-bond donors (Lipinski definition) is 0. The molecule has 3 rings (SSSR count). The molecule has 2 aliphatic rings. The largest absolute Gasteiger partial charge is 0.340 e. The molecule has 1 aromatic heterocycles. The maximum Gasteiger partial charge on any atom is 0.252 e. The first-order chi connectivity index (χ1) is 10.5. The summed E-state index contributed by atoms with van der Waals surface area (Å²) in [6.07, 6.45) is 3.98. The highest BCUT2D eigenvalue weighted by atomic mass is 32.2. The highest BCUT2D eigenvalue weighted by molar-refractivity contribution is 7.91. The molecule has 0 N–H and O–H groups in total. The van der Waals surface area contributed by atoms with E-state index in [9.17, 15) is 13.2 Å². The molecule has 5 nitrogen and oxygen atoms in total. The molecule has 1 saturated carbocycles. The minimum Gasteiger partial charge on any atom is -0.340 e. The van der Waals surface area contributed by atoms with Gasteiger partial charge in [0.25, 0.3) is 10.0 Å². The lowest BCUT2D eigenvalue weighted by Crippen LogP contribution is -2.52. The molecule has 0 unspecified atom stereocenters. The number of sulfonamides is 1. The van der Waals surface area contributed by atoms with Gasteiger partial charge in [-0.15, -0.1) is 11.3 Å². The molecule has 0 atom stereocenters. The van der Waals surface area contributed by atoms with Crippen LogP contribution in [0, 0.1) is 5.92 Å². The molecule has 0 spiro atoms. The SMILES string of the molecule is CCc1ccc(S(=O)(=O)N2CCN(C(=O)C3CCC3)CC2)s1. The van der Waals surface area contributed by atoms with Crippen LogP contribution in [0.3, 0.4) is 0 Å². The fourth-order valence-corrected chi connectivity index (χ4v) is 5.75. The van der Waals surface area contributed by atoms with Gasteiger partial charge >= 0.3 is 0 Å². The van der Waals surface area contributed by atoms with E-state index in [0.717, 1.165) is 30.6 Å². The van der Waals surface area contributed by atoms with Crippen molar-refractivity contribution < 1.29 is 13.2 Å². The Kier molecular flexibility index (Phi) is 4.56. The van der Waals surface area contributed by atoms with Crippen LogP contribution >= 0.6 is 11.3 Å². The zero-order chi connectivity index (χ0) is 15.7. The van der Waals surface area contributed by atoms with Gasteiger partial charge < -0.3 is 4.90 Å². The number of rotatable bonds is 4. The van der Waals surface area contributed by atoms with Crippen LogP contribution in [-0.2, 0) is 21.2 Å². The van der Waals surface area contributed by atoms with Gasteiger partial charge in [0.1, 0.15) is 4.21 Å². The number of piperazine rings is 1. The van der Waals surface area contributed by atoms with Crippen LogP contribution in [0.15, 0.2) is 16.3 Å². The van der Waals surface area contributed by atoms with Gasteiger partial charge in [0.15, 0.2) is 0 Å². The number of thiophene rings is 1. The lowest BCUT2D eigenvalue weighted by atomic mass is 9.84. The van der Waals surface area contributed by atoms with Gasteiger partial charge in [0, 0.05) is 37.0 Å². The number of aryl methyl sites for hydroxylation is 1. The van der Waals surface area contributed by atoms with Crippen LogP contribution in [0.2, 0.25) is 0 Å². The van der Waals surface area contributed by atoms with E-state index in [1.165, 1.54) is 15.6 Å². The van der Waals surface area contributed by atoms with Crippen molar-refractivity contribution in [3.05, 3.63) is 17.0 Å². The summed E-state index contributed by atoms with van der Waals surface area (Å²) in [6, 6.07) is 3.58. The van der Waals surface area contributed by atoms with E-state index in [0.29, 0.717) is 30.4 Å². The minimum absolute atomic E-state index is 0.188. The number of hydrogen-bond acceptors (Lipinski definition) is 4. The Labute approximate surface area is 136 Å². The molecule has 122 valence electrons. The Balaban J connectivity index is 1.63. The van der Waals surface area contributed by atoms with Gasteiger partial charge in [0.2, 0.25) is 5.91 Å². The molecule has 0 aromatic carbocycles. The average molecular weight is 342 g/mol. The maximum absolute atomic E-state index is 12.6. The predicted octanol–water partition coefficient (Wildman–Crippen LogP) is 1.94. The summed E-state index contributed by atoms with van der Waals surface area (Å²) in [6.45, 7) is 3.86. The van der Waals surface area contributed by atoms with Crippen LogP contribution in [-0.4, -0.2) is 49.7 Å². The van der Waals surface area contributed by atoms with E-state index in [2.05, 4.69) is 0 Å². The molecule has 1 aliphatic heterocycles. The number of carbonyl (C=O) groups is 1. The molecule has 0 radical (unpaired) electrons. The van der Waals surface area contributed by atoms with E-state index < -0.39 is 10.0 Å². The molecular formula is C15H22N2O3S2. The fourth-order valence-electron chi connectivity index (χ4n) is 2.88. The first-order valence-corrected chi connectivity index (χ1v) is 10.2. The maximum atomic E-state index is 12.6. The second kappa shape index (κ2) is 6.29. The summed E-state index contributed by atoms with van der Waals surface area (Å²) in [4.78, 5) is 15.1. The Bertz CT molecular complexity index is 641. The van der Waals surface area contributed by atoms with Crippen LogP contribution < -0.4 is 0 Å². The number of amides is 1. The second-order valence-corrected chi connectivity index (χ2v) is 9.26. The Morgan fingerprint density at radius 2 is 1.91 bits per heavy atom. The normalized spacial score (nSPS) is 20.9. The van der Waals surface area contributed by atoms with E-state index in [1.807, 2.05) is 17.9 Å². The third kappa shape index (κ3) is 2.94. The highest BCUT2D eigenvalue weighted by Gasteiger charge is 2.34. The molecule has 1 saturated heterocycles. The van der Waals surface area contributed by atoms with Gasteiger partial charge in [-0.1, -0.05) is 13.3 Å². The van der Waals surface area contributed by atoms with Gasteiger partial charge in [-0.05, 0) is 31.4 Å². The molecule has 1 amide bonds. The lowest BCUT2D eigenvalue weighted by Gasteiger charge is -2.37. The summed E-state index contributed by atoms with van der Waals surface area (Å²) < 4.78 is 27.2. The third-order valence-electron chi connectivity index (χ3n) is 4.58.